The SMILES string of the molecule is O=C1CCCCCCCC1(CBr)c1ccccc1. The third kappa shape index (κ3) is 2.85. The van der Waals surface area contributed by atoms with Gasteiger partial charge in [0.15, 0.2) is 0 Å². The molecule has 0 bridgehead atoms. The first-order chi connectivity index (χ1) is 8.79. The van der Waals surface area contributed by atoms with Crippen LogP contribution in [0.2, 0.25) is 0 Å². The molecule has 1 aliphatic rings. The Balaban J connectivity index is 2.33. The van der Waals surface area contributed by atoms with Crippen molar-refractivity contribution in [2.75, 3.05) is 5.33 Å². The molecule has 1 aliphatic carbocycles. The predicted molar refractivity (Wildman–Crippen MR) is 79.2 cm³/mol. The van der Waals surface area contributed by atoms with Crippen molar-refractivity contribution in [1.29, 1.82) is 0 Å². The normalized spacial score (nSPS) is 26.2. The largest absolute Gasteiger partial charge is 0.299 e. The highest BCUT2D eigenvalue weighted by atomic mass is 79.9. The van der Waals surface area contributed by atoms with Gasteiger partial charge in [0.1, 0.15) is 5.78 Å². The van der Waals surface area contributed by atoms with E-state index in [1.807, 2.05) is 18.2 Å². The van der Waals surface area contributed by atoms with Gasteiger partial charge < -0.3 is 0 Å². The van der Waals surface area contributed by atoms with E-state index in [-0.39, 0.29) is 5.41 Å². The molecule has 0 amide bonds. The minimum absolute atomic E-state index is 0.286. The number of Topliss-reactive ketones (excluding diaryl/α,β-unsaturated/α-hetero) is 1. The first-order valence-electron chi connectivity index (χ1n) is 6.94. The van der Waals surface area contributed by atoms with Crippen molar-refractivity contribution >= 4 is 21.7 Å². The second-order valence-corrected chi connectivity index (χ2v) is 5.83. The first kappa shape index (κ1) is 13.8. The fourth-order valence-electron chi connectivity index (χ4n) is 2.90. The number of ketones is 1. The molecule has 1 fully saturated rings. The Bertz CT molecular complexity index is 387. The molecule has 0 radical (unpaired) electrons. The summed E-state index contributed by atoms with van der Waals surface area (Å²) >= 11 is 3.61. The van der Waals surface area contributed by atoms with Gasteiger partial charge in [-0.25, -0.2) is 0 Å². The molecule has 98 valence electrons. The lowest BCUT2D eigenvalue weighted by Gasteiger charge is -2.31. The molecule has 1 aromatic rings. The molecule has 2 heteroatoms. The Morgan fingerprint density at radius 2 is 1.67 bits per heavy atom. The second kappa shape index (κ2) is 6.51. The van der Waals surface area contributed by atoms with E-state index in [2.05, 4.69) is 28.1 Å². The number of hydrogen-bond acceptors (Lipinski definition) is 1. The van der Waals surface area contributed by atoms with Crippen LogP contribution in [0.15, 0.2) is 30.3 Å². The number of halogens is 1. The van der Waals surface area contributed by atoms with Crippen LogP contribution in [0.5, 0.6) is 0 Å². The Morgan fingerprint density at radius 1 is 1.00 bits per heavy atom. The molecular weight excluding hydrogens is 288 g/mol. The molecule has 0 saturated heterocycles. The molecule has 0 aliphatic heterocycles. The Morgan fingerprint density at radius 3 is 2.39 bits per heavy atom. The average molecular weight is 309 g/mol. The van der Waals surface area contributed by atoms with Gasteiger partial charge >= 0.3 is 0 Å². The van der Waals surface area contributed by atoms with Crippen LogP contribution in [0, 0.1) is 0 Å². The number of benzene rings is 1. The van der Waals surface area contributed by atoms with E-state index in [9.17, 15) is 4.79 Å². The topological polar surface area (TPSA) is 17.1 Å². The van der Waals surface area contributed by atoms with Crippen molar-refractivity contribution in [2.45, 2.75) is 50.4 Å². The quantitative estimate of drug-likeness (QED) is 0.728. The van der Waals surface area contributed by atoms with Crippen LogP contribution in [-0.2, 0) is 10.2 Å². The Labute approximate surface area is 118 Å². The van der Waals surface area contributed by atoms with Crippen LogP contribution >= 0.6 is 15.9 Å². The third-order valence-electron chi connectivity index (χ3n) is 4.10. The van der Waals surface area contributed by atoms with E-state index in [1.54, 1.807) is 0 Å². The zero-order valence-electron chi connectivity index (χ0n) is 10.8. The van der Waals surface area contributed by atoms with E-state index in [0.29, 0.717) is 5.78 Å². The van der Waals surface area contributed by atoms with Gasteiger partial charge in [-0.2, -0.15) is 0 Å². The molecule has 1 unspecified atom stereocenters. The summed E-state index contributed by atoms with van der Waals surface area (Å²) in [6.45, 7) is 0. The van der Waals surface area contributed by atoms with Gasteiger partial charge in [-0.15, -0.1) is 0 Å². The molecule has 1 saturated carbocycles. The molecule has 1 nitrogen and oxygen atoms in total. The lowest BCUT2D eigenvalue weighted by Crippen LogP contribution is -2.37. The van der Waals surface area contributed by atoms with E-state index >= 15 is 0 Å². The molecule has 2 rings (SSSR count). The lowest BCUT2D eigenvalue weighted by molar-refractivity contribution is -0.124. The van der Waals surface area contributed by atoms with E-state index in [4.69, 9.17) is 0 Å². The summed E-state index contributed by atoms with van der Waals surface area (Å²) in [5.74, 6) is 0.424. The summed E-state index contributed by atoms with van der Waals surface area (Å²) in [6, 6.07) is 10.3. The molecule has 18 heavy (non-hydrogen) atoms. The highest BCUT2D eigenvalue weighted by molar-refractivity contribution is 9.09. The summed E-state index contributed by atoms with van der Waals surface area (Å²) in [7, 11) is 0. The van der Waals surface area contributed by atoms with Crippen molar-refractivity contribution in [3.05, 3.63) is 35.9 Å². The fourth-order valence-corrected chi connectivity index (χ4v) is 3.82. The van der Waals surface area contributed by atoms with Crippen molar-refractivity contribution in [1.82, 2.24) is 0 Å². The van der Waals surface area contributed by atoms with Crippen LogP contribution in [0.4, 0.5) is 0 Å². The van der Waals surface area contributed by atoms with Crippen LogP contribution in [-0.4, -0.2) is 11.1 Å². The molecular formula is C16H21BrO. The summed E-state index contributed by atoms with van der Waals surface area (Å²) in [5, 5.41) is 0.753. The number of carbonyl (C=O) groups is 1. The number of rotatable bonds is 2. The number of carbonyl (C=O) groups excluding carboxylic acids is 1. The molecule has 1 atom stereocenters. The first-order valence-corrected chi connectivity index (χ1v) is 8.06. The monoisotopic (exact) mass is 308 g/mol. The average Bonchev–Trinajstić information content (AvgIpc) is 2.51. The molecule has 0 N–H and O–H groups in total. The number of hydrogen-bond donors (Lipinski definition) is 0. The van der Waals surface area contributed by atoms with E-state index < -0.39 is 0 Å². The maximum atomic E-state index is 12.6. The smallest absolute Gasteiger partial charge is 0.144 e. The van der Waals surface area contributed by atoms with Crippen LogP contribution in [0.25, 0.3) is 0 Å². The predicted octanol–water partition coefficient (Wildman–Crippen LogP) is 4.63. The van der Waals surface area contributed by atoms with Crippen molar-refractivity contribution in [3.8, 4) is 0 Å². The maximum Gasteiger partial charge on any atom is 0.144 e. The van der Waals surface area contributed by atoms with Gasteiger partial charge in [0, 0.05) is 11.8 Å². The van der Waals surface area contributed by atoms with Gasteiger partial charge in [0.05, 0.1) is 5.41 Å². The molecule has 0 spiro atoms. The highest BCUT2D eigenvalue weighted by Gasteiger charge is 2.37. The van der Waals surface area contributed by atoms with Crippen molar-refractivity contribution < 1.29 is 4.79 Å². The number of alkyl halides is 1. The fraction of sp³-hybridized carbons (Fsp3) is 0.562. The summed E-state index contributed by atoms with van der Waals surface area (Å²) in [6.07, 6.45) is 7.68. The summed E-state index contributed by atoms with van der Waals surface area (Å²) < 4.78 is 0. The van der Waals surface area contributed by atoms with Crippen molar-refractivity contribution in [2.24, 2.45) is 0 Å². The van der Waals surface area contributed by atoms with E-state index in [1.165, 1.54) is 24.8 Å². The minimum Gasteiger partial charge on any atom is -0.299 e. The summed E-state index contributed by atoms with van der Waals surface area (Å²) in [4.78, 5) is 12.6. The minimum atomic E-state index is -0.286. The lowest BCUT2D eigenvalue weighted by atomic mass is 9.74. The molecule has 0 heterocycles. The molecule has 0 aromatic heterocycles. The highest BCUT2D eigenvalue weighted by Crippen LogP contribution is 2.36. The van der Waals surface area contributed by atoms with Crippen LogP contribution < -0.4 is 0 Å². The van der Waals surface area contributed by atoms with Crippen molar-refractivity contribution in [3.63, 3.8) is 0 Å². The van der Waals surface area contributed by atoms with Crippen LogP contribution in [0.1, 0.15) is 50.5 Å². The molecule has 1 aromatic carbocycles. The van der Waals surface area contributed by atoms with Gasteiger partial charge in [0.25, 0.3) is 0 Å². The van der Waals surface area contributed by atoms with Gasteiger partial charge in [-0.3, -0.25) is 4.79 Å². The third-order valence-corrected chi connectivity index (χ3v) is 5.05. The standard InChI is InChI=1S/C16H21BrO/c17-13-16(14-9-5-4-6-10-14)12-8-3-1-2-7-11-15(16)18/h4-6,9-10H,1-3,7-8,11-13H2. The van der Waals surface area contributed by atoms with E-state index in [0.717, 1.165) is 31.0 Å². The van der Waals surface area contributed by atoms with Gasteiger partial charge in [-0.05, 0) is 18.4 Å². The second-order valence-electron chi connectivity index (χ2n) is 5.27. The zero-order chi connectivity index (χ0) is 12.8. The van der Waals surface area contributed by atoms with Crippen LogP contribution in [0.3, 0.4) is 0 Å². The summed E-state index contributed by atoms with van der Waals surface area (Å²) in [5.41, 5.74) is 0.903. The van der Waals surface area contributed by atoms with Gasteiger partial charge in [-0.1, -0.05) is 71.9 Å². The van der Waals surface area contributed by atoms with Gasteiger partial charge in [0.2, 0.25) is 0 Å². The Kier molecular flexibility index (Phi) is 4.99. The Hall–Kier alpha value is -0.630. The zero-order valence-corrected chi connectivity index (χ0v) is 12.4. The maximum absolute atomic E-state index is 12.6.